The number of hydrogen-bond donors (Lipinski definition) is 0. The second kappa shape index (κ2) is 64.3. The first-order chi connectivity index (χ1) is 38.0. The van der Waals surface area contributed by atoms with Gasteiger partial charge < -0.3 is 14.2 Å². The highest BCUT2D eigenvalue weighted by Gasteiger charge is 2.19. The van der Waals surface area contributed by atoms with Crippen LogP contribution >= 0.6 is 0 Å². The summed E-state index contributed by atoms with van der Waals surface area (Å²) in [6.07, 6.45) is 89.2. The smallest absolute Gasteiger partial charge is 0.306 e. The van der Waals surface area contributed by atoms with Crippen LogP contribution in [0.25, 0.3) is 0 Å². The minimum Gasteiger partial charge on any atom is -0.462 e. The first-order valence-corrected chi connectivity index (χ1v) is 32.0. The molecule has 0 spiro atoms. The normalized spacial score (nSPS) is 12.9. The van der Waals surface area contributed by atoms with Crippen molar-refractivity contribution in [2.24, 2.45) is 0 Å². The van der Waals surface area contributed by atoms with Crippen LogP contribution in [0.3, 0.4) is 0 Å². The maximum Gasteiger partial charge on any atom is 0.306 e. The number of carbonyl (C=O) groups is 3. The molecule has 6 nitrogen and oxygen atoms in total. The Balaban J connectivity index is 4.24. The lowest BCUT2D eigenvalue weighted by Crippen LogP contribution is -2.30. The van der Waals surface area contributed by atoms with Crippen molar-refractivity contribution in [3.8, 4) is 0 Å². The average Bonchev–Trinajstić information content (AvgIpc) is 3.43. The van der Waals surface area contributed by atoms with E-state index in [4.69, 9.17) is 14.2 Å². The Kier molecular flexibility index (Phi) is 60.8. The molecule has 0 radical (unpaired) electrons. The molecule has 0 fully saturated rings. The third-order valence-corrected chi connectivity index (χ3v) is 13.5. The molecule has 0 aromatic carbocycles. The fourth-order valence-electron chi connectivity index (χ4n) is 8.67. The standard InChI is InChI=1S/C71H118O6/c1-4-7-10-13-16-19-21-23-25-27-29-30-31-32-33-34-35-36-37-38-39-40-42-43-45-47-49-52-55-58-61-64-70(73)76-67-68(66-75-69(72)63-60-57-54-51-18-15-12-9-6-3)77-71(74)65-62-59-56-53-50-48-46-44-41-28-26-24-22-20-17-14-11-8-5-2/h7,10,16-17,19-20,23-26,29-30,32-33,35-36,38-39,41,44,68H,4-6,8-9,11-15,18,21-22,27-28,31,34,37,40,42-43,45-67H2,1-3H3/b10-7-,19-16-,20-17-,25-23-,26-24-,30-29-,33-32-,36-35-,39-38-,44-41-. The van der Waals surface area contributed by atoms with Crippen LogP contribution in [-0.4, -0.2) is 37.2 Å². The largest absolute Gasteiger partial charge is 0.462 e. The van der Waals surface area contributed by atoms with Gasteiger partial charge in [0.2, 0.25) is 0 Å². The van der Waals surface area contributed by atoms with Gasteiger partial charge in [0.25, 0.3) is 0 Å². The summed E-state index contributed by atoms with van der Waals surface area (Å²) in [7, 11) is 0. The molecule has 0 rings (SSSR count). The highest BCUT2D eigenvalue weighted by Crippen LogP contribution is 2.15. The maximum absolute atomic E-state index is 12.9. The van der Waals surface area contributed by atoms with E-state index in [1.165, 1.54) is 116 Å². The number of hydrogen-bond acceptors (Lipinski definition) is 6. The van der Waals surface area contributed by atoms with Crippen molar-refractivity contribution in [3.05, 3.63) is 122 Å². The molecule has 0 N–H and O–H groups in total. The summed E-state index contributed by atoms with van der Waals surface area (Å²) in [4.78, 5) is 38.2. The van der Waals surface area contributed by atoms with Crippen LogP contribution in [0.4, 0.5) is 0 Å². The number of allylic oxidation sites excluding steroid dienone is 20. The van der Waals surface area contributed by atoms with Crippen LogP contribution in [0.1, 0.15) is 290 Å². The quantitative estimate of drug-likeness (QED) is 0.0261. The zero-order valence-corrected chi connectivity index (χ0v) is 50.2. The topological polar surface area (TPSA) is 78.9 Å². The molecule has 1 atom stereocenters. The fraction of sp³-hybridized carbons (Fsp3) is 0.676. The van der Waals surface area contributed by atoms with Crippen LogP contribution < -0.4 is 0 Å². The summed E-state index contributed by atoms with van der Waals surface area (Å²) in [6, 6.07) is 0. The second-order valence-electron chi connectivity index (χ2n) is 20.9. The van der Waals surface area contributed by atoms with Gasteiger partial charge in [0, 0.05) is 19.3 Å². The Hall–Kier alpha value is -4.19. The minimum absolute atomic E-state index is 0.0850. The van der Waals surface area contributed by atoms with E-state index >= 15 is 0 Å². The highest BCUT2D eigenvalue weighted by atomic mass is 16.6. The molecule has 6 heteroatoms. The van der Waals surface area contributed by atoms with Crippen molar-refractivity contribution in [1.29, 1.82) is 0 Å². The molecule has 77 heavy (non-hydrogen) atoms. The monoisotopic (exact) mass is 1070 g/mol. The van der Waals surface area contributed by atoms with Gasteiger partial charge in [0.05, 0.1) is 0 Å². The van der Waals surface area contributed by atoms with Crippen LogP contribution in [0.2, 0.25) is 0 Å². The molecule has 0 aliphatic carbocycles. The van der Waals surface area contributed by atoms with E-state index in [0.717, 1.165) is 135 Å². The summed E-state index contributed by atoms with van der Waals surface area (Å²) in [5, 5.41) is 0. The Morgan fingerprint density at radius 2 is 0.506 bits per heavy atom. The molecule has 0 saturated heterocycles. The molecule has 0 aromatic rings. The molecule has 438 valence electrons. The van der Waals surface area contributed by atoms with Crippen molar-refractivity contribution in [2.75, 3.05) is 13.2 Å². The number of esters is 3. The van der Waals surface area contributed by atoms with E-state index in [1.54, 1.807) is 0 Å². The number of unbranched alkanes of at least 4 members (excludes halogenated alkanes) is 26. The van der Waals surface area contributed by atoms with Gasteiger partial charge >= 0.3 is 17.9 Å². The van der Waals surface area contributed by atoms with Gasteiger partial charge in [-0.25, -0.2) is 0 Å². The molecule has 0 aromatic heterocycles. The molecule has 0 amide bonds. The van der Waals surface area contributed by atoms with Crippen LogP contribution in [0.15, 0.2) is 122 Å². The fourth-order valence-corrected chi connectivity index (χ4v) is 8.67. The van der Waals surface area contributed by atoms with Crippen LogP contribution in [-0.2, 0) is 28.6 Å². The predicted molar refractivity (Wildman–Crippen MR) is 334 cm³/mol. The van der Waals surface area contributed by atoms with E-state index in [9.17, 15) is 14.4 Å². The third kappa shape index (κ3) is 62.5. The number of carbonyl (C=O) groups excluding carboxylic acids is 3. The second-order valence-corrected chi connectivity index (χ2v) is 20.9. The number of ether oxygens (including phenoxy) is 3. The lowest BCUT2D eigenvalue weighted by molar-refractivity contribution is -0.167. The Morgan fingerprint density at radius 1 is 0.273 bits per heavy atom. The molecule has 0 aliphatic heterocycles. The van der Waals surface area contributed by atoms with Gasteiger partial charge in [0.15, 0.2) is 6.10 Å². The van der Waals surface area contributed by atoms with E-state index in [2.05, 4.69) is 142 Å². The molecule has 0 saturated carbocycles. The summed E-state index contributed by atoms with van der Waals surface area (Å²) in [6.45, 7) is 6.47. The molecule has 0 heterocycles. The minimum atomic E-state index is -0.788. The zero-order valence-electron chi connectivity index (χ0n) is 50.2. The van der Waals surface area contributed by atoms with Crippen molar-refractivity contribution in [1.82, 2.24) is 0 Å². The summed E-state index contributed by atoms with van der Waals surface area (Å²) in [5.41, 5.74) is 0. The van der Waals surface area contributed by atoms with Gasteiger partial charge in [0.1, 0.15) is 13.2 Å². The van der Waals surface area contributed by atoms with Gasteiger partial charge in [-0.2, -0.15) is 0 Å². The van der Waals surface area contributed by atoms with E-state index in [1.807, 2.05) is 0 Å². The number of rotatable bonds is 57. The summed E-state index contributed by atoms with van der Waals surface area (Å²) >= 11 is 0. The lowest BCUT2D eigenvalue weighted by atomic mass is 10.1. The molecule has 0 bridgehead atoms. The lowest BCUT2D eigenvalue weighted by Gasteiger charge is -2.18. The third-order valence-electron chi connectivity index (χ3n) is 13.5. The van der Waals surface area contributed by atoms with Crippen molar-refractivity contribution in [2.45, 2.75) is 297 Å². The first-order valence-electron chi connectivity index (χ1n) is 32.0. The van der Waals surface area contributed by atoms with Crippen LogP contribution in [0, 0.1) is 0 Å². The summed E-state index contributed by atoms with van der Waals surface area (Å²) in [5.74, 6) is -0.903. The first kappa shape index (κ1) is 72.8. The van der Waals surface area contributed by atoms with Crippen molar-refractivity contribution in [3.63, 3.8) is 0 Å². The average molecular weight is 1070 g/mol. The molecule has 1 unspecified atom stereocenters. The van der Waals surface area contributed by atoms with Crippen molar-refractivity contribution < 1.29 is 28.6 Å². The van der Waals surface area contributed by atoms with E-state index in [-0.39, 0.29) is 31.1 Å². The van der Waals surface area contributed by atoms with Crippen LogP contribution in [0.5, 0.6) is 0 Å². The molecular weight excluding hydrogens is 949 g/mol. The van der Waals surface area contributed by atoms with E-state index in [0.29, 0.717) is 19.3 Å². The SMILES string of the molecule is CC/C=C\C/C=C\C/C=C\C/C=C\C/C=C\C/C=C\C/C=C\CCCCCCCCCCCC(=O)OCC(COC(=O)CCCCCCCCCCC)OC(=O)CCCCCCCC/C=C\C/C=C\C/C=C\CCCCC. The Morgan fingerprint density at radius 3 is 0.818 bits per heavy atom. The maximum atomic E-state index is 12.9. The highest BCUT2D eigenvalue weighted by molar-refractivity contribution is 5.71. The summed E-state index contributed by atoms with van der Waals surface area (Å²) < 4.78 is 16.9. The zero-order chi connectivity index (χ0) is 55.7. The predicted octanol–water partition coefficient (Wildman–Crippen LogP) is 22.0. The van der Waals surface area contributed by atoms with Gasteiger partial charge in [-0.3, -0.25) is 14.4 Å². The molecule has 0 aliphatic rings. The Labute approximate surface area is 475 Å². The van der Waals surface area contributed by atoms with Gasteiger partial charge in [-0.05, 0) is 116 Å². The van der Waals surface area contributed by atoms with E-state index < -0.39 is 6.10 Å². The van der Waals surface area contributed by atoms with Gasteiger partial charge in [-0.15, -0.1) is 0 Å². The molecular formula is C71H118O6. The van der Waals surface area contributed by atoms with Gasteiger partial charge in [-0.1, -0.05) is 277 Å². The Bertz CT molecular complexity index is 1600. The van der Waals surface area contributed by atoms with Crippen molar-refractivity contribution >= 4 is 17.9 Å².